The van der Waals surface area contributed by atoms with E-state index in [0.717, 1.165) is 54.0 Å². The van der Waals surface area contributed by atoms with Gasteiger partial charge in [0.2, 0.25) is 0 Å². The summed E-state index contributed by atoms with van der Waals surface area (Å²) in [5, 5.41) is 9.90. The summed E-state index contributed by atoms with van der Waals surface area (Å²) < 4.78 is 5.87. The molecule has 0 atom stereocenters. The highest BCUT2D eigenvalue weighted by Gasteiger charge is 2.06. The lowest BCUT2D eigenvalue weighted by molar-refractivity contribution is 0.313. The fourth-order valence-corrected chi connectivity index (χ4v) is 3.03. The summed E-state index contributed by atoms with van der Waals surface area (Å²) in [4.78, 5) is 8.76. The maximum Gasteiger partial charge on any atom is 0.191 e. The molecule has 0 saturated heterocycles. The molecule has 0 amide bonds. The van der Waals surface area contributed by atoms with Crippen molar-refractivity contribution in [3.05, 3.63) is 45.4 Å². The van der Waals surface area contributed by atoms with E-state index in [4.69, 9.17) is 4.74 Å². The number of rotatable bonds is 8. The molecule has 1 aromatic carbocycles. The Bertz CT molecular complexity index is 696. The smallest absolute Gasteiger partial charge is 0.191 e. The molecular formula is C19H28N4OS. The normalized spacial score (nSPS) is 11.4. The van der Waals surface area contributed by atoms with Gasteiger partial charge in [0, 0.05) is 37.5 Å². The van der Waals surface area contributed by atoms with Gasteiger partial charge in [0.25, 0.3) is 0 Å². The van der Waals surface area contributed by atoms with Crippen LogP contribution in [0.4, 0.5) is 0 Å². The zero-order chi connectivity index (χ0) is 18.1. The molecule has 0 aliphatic rings. The van der Waals surface area contributed by atoms with Gasteiger partial charge < -0.3 is 15.4 Å². The Morgan fingerprint density at radius 2 is 2.12 bits per heavy atom. The molecule has 2 aromatic rings. The quantitative estimate of drug-likeness (QED) is 0.559. The van der Waals surface area contributed by atoms with Crippen LogP contribution in [-0.2, 0) is 13.0 Å². The molecule has 0 aliphatic carbocycles. The van der Waals surface area contributed by atoms with E-state index in [1.807, 2.05) is 6.92 Å². The van der Waals surface area contributed by atoms with Crippen LogP contribution in [0, 0.1) is 13.8 Å². The molecular weight excluding hydrogens is 332 g/mol. The molecule has 0 saturated carbocycles. The molecule has 1 aromatic heterocycles. The molecule has 0 spiro atoms. The van der Waals surface area contributed by atoms with Crippen molar-refractivity contribution in [1.82, 2.24) is 15.6 Å². The first-order valence-electron chi connectivity index (χ1n) is 8.70. The molecule has 0 radical (unpaired) electrons. The largest absolute Gasteiger partial charge is 0.493 e. The van der Waals surface area contributed by atoms with E-state index in [-0.39, 0.29) is 0 Å². The van der Waals surface area contributed by atoms with Crippen LogP contribution >= 0.6 is 11.3 Å². The summed E-state index contributed by atoms with van der Waals surface area (Å²) in [6.07, 6.45) is 1.89. The van der Waals surface area contributed by atoms with Crippen LogP contribution in [0.3, 0.4) is 0 Å². The number of aromatic nitrogens is 1. The number of benzene rings is 1. The van der Waals surface area contributed by atoms with Crippen LogP contribution in [0.15, 0.2) is 28.6 Å². The van der Waals surface area contributed by atoms with Gasteiger partial charge in [-0.05, 0) is 31.9 Å². The molecule has 2 N–H and O–H groups in total. The third kappa shape index (κ3) is 6.38. The van der Waals surface area contributed by atoms with Gasteiger partial charge in [-0.25, -0.2) is 4.98 Å². The second kappa shape index (κ2) is 10.0. The Hall–Kier alpha value is -2.08. The number of nitrogens with one attached hydrogen (secondary N) is 2. The average molecular weight is 361 g/mol. The summed E-state index contributed by atoms with van der Waals surface area (Å²) in [5.74, 6) is 1.73. The first kappa shape index (κ1) is 19.2. The minimum Gasteiger partial charge on any atom is -0.493 e. The summed E-state index contributed by atoms with van der Waals surface area (Å²) in [6.45, 7) is 8.43. The summed E-state index contributed by atoms with van der Waals surface area (Å²) in [6, 6.07) is 6.31. The maximum atomic E-state index is 5.87. The van der Waals surface area contributed by atoms with Crippen LogP contribution in [0.5, 0.6) is 5.75 Å². The first-order chi connectivity index (χ1) is 12.1. The molecule has 0 bridgehead atoms. The molecule has 25 heavy (non-hydrogen) atoms. The Morgan fingerprint density at radius 3 is 2.80 bits per heavy atom. The Labute approximate surface area is 154 Å². The SMILES string of the molecule is CCCOc1cc(C)ccc1CNC(=NC)NCCc1csc(C)n1. The highest BCUT2D eigenvalue weighted by atomic mass is 32.1. The summed E-state index contributed by atoms with van der Waals surface area (Å²) in [5.41, 5.74) is 3.47. The third-order valence-electron chi connectivity index (χ3n) is 3.69. The second-order valence-electron chi connectivity index (χ2n) is 5.92. The summed E-state index contributed by atoms with van der Waals surface area (Å²) in [7, 11) is 1.78. The minimum atomic E-state index is 0.675. The van der Waals surface area contributed by atoms with Crippen LogP contribution in [0.25, 0.3) is 0 Å². The Balaban J connectivity index is 1.85. The zero-order valence-electron chi connectivity index (χ0n) is 15.6. The van der Waals surface area contributed by atoms with Crippen molar-refractivity contribution in [2.45, 2.75) is 40.2 Å². The van der Waals surface area contributed by atoms with E-state index in [1.54, 1.807) is 18.4 Å². The number of guanidine groups is 1. The van der Waals surface area contributed by atoms with E-state index in [1.165, 1.54) is 5.56 Å². The van der Waals surface area contributed by atoms with Crippen molar-refractivity contribution in [3.63, 3.8) is 0 Å². The summed E-state index contributed by atoms with van der Waals surface area (Å²) >= 11 is 1.69. The Morgan fingerprint density at radius 1 is 1.28 bits per heavy atom. The van der Waals surface area contributed by atoms with E-state index >= 15 is 0 Å². The Kier molecular flexibility index (Phi) is 7.73. The van der Waals surface area contributed by atoms with Crippen molar-refractivity contribution < 1.29 is 4.74 Å². The van der Waals surface area contributed by atoms with Crippen LogP contribution in [-0.4, -0.2) is 31.1 Å². The van der Waals surface area contributed by atoms with Crippen LogP contribution in [0.1, 0.15) is 35.2 Å². The lowest BCUT2D eigenvalue weighted by atomic mass is 10.1. The van der Waals surface area contributed by atoms with Crippen molar-refractivity contribution >= 4 is 17.3 Å². The number of ether oxygens (including phenoxy) is 1. The van der Waals surface area contributed by atoms with Gasteiger partial charge in [0.1, 0.15) is 5.75 Å². The van der Waals surface area contributed by atoms with E-state index < -0.39 is 0 Å². The number of aliphatic imine (C=N–C) groups is 1. The van der Waals surface area contributed by atoms with Gasteiger partial charge in [-0.15, -0.1) is 11.3 Å². The fraction of sp³-hybridized carbons (Fsp3) is 0.474. The van der Waals surface area contributed by atoms with Gasteiger partial charge in [0.05, 0.1) is 17.3 Å². The van der Waals surface area contributed by atoms with E-state index in [2.05, 4.69) is 58.0 Å². The van der Waals surface area contributed by atoms with Gasteiger partial charge in [-0.1, -0.05) is 19.1 Å². The molecule has 1 heterocycles. The monoisotopic (exact) mass is 360 g/mol. The standard InChI is InChI=1S/C19H28N4OS/c1-5-10-24-18-11-14(2)6-7-16(18)12-22-19(20-4)21-9-8-17-13-25-15(3)23-17/h6-7,11,13H,5,8-10,12H2,1-4H3,(H2,20,21,22). The van der Waals surface area contributed by atoms with Gasteiger partial charge >= 0.3 is 0 Å². The molecule has 136 valence electrons. The minimum absolute atomic E-state index is 0.675. The number of hydrogen-bond acceptors (Lipinski definition) is 4. The first-order valence-corrected chi connectivity index (χ1v) is 9.58. The number of nitrogens with zero attached hydrogens (tertiary/aromatic N) is 2. The second-order valence-corrected chi connectivity index (χ2v) is 6.98. The molecule has 5 nitrogen and oxygen atoms in total. The van der Waals surface area contributed by atoms with Crippen molar-refractivity contribution in [3.8, 4) is 5.75 Å². The predicted octanol–water partition coefficient (Wildman–Crippen LogP) is 3.46. The zero-order valence-corrected chi connectivity index (χ0v) is 16.4. The molecule has 0 aliphatic heterocycles. The molecule has 2 rings (SSSR count). The fourth-order valence-electron chi connectivity index (χ4n) is 2.39. The van der Waals surface area contributed by atoms with Crippen LogP contribution in [0.2, 0.25) is 0 Å². The van der Waals surface area contributed by atoms with Crippen molar-refractivity contribution in [2.75, 3.05) is 20.2 Å². The number of thiazole rings is 1. The van der Waals surface area contributed by atoms with Gasteiger partial charge in [0.15, 0.2) is 5.96 Å². The van der Waals surface area contributed by atoms with Gasteiger partial charge in [-0.2, -0.15) is 0 Å². The van der Waals surface area contributed by atoms with Crippen molar-refractivity contribution in [2.24, 2.45) is 4.99 Å². The highest BCUT2D eigenvalue weighted by Crippen LogP contribution is 2.20. The van der Waals surface area contributed by atoms with E-state index in [0.29, 0.717) is 6.54 Å². The maximum absolute atomic E-state index is 5.87. The third-order valence-corrected chi connectivity index (χ3v) is 4.52. The number of aryl methyl sites for hydroxylation is 2. The van der Waals surface area contributed by atoms with Crippen LogP contribution < -0.4 is 15.4 Å². The van der Waals surface area contributed by atoms with Crippen molar-refractivity contribution in [1.29, 1.82) is 0 Å². The molecule has 0 unspecified atom stereocenters. The number of hydrogen-bond donors (Lipinski definition) is 2. The van der Waals surface area contributed by atoms with Gasteiger partial charge in [-0.3, -0.25) is 4.99 Å². The molecule has 6 heteroatoms. The topological polar surface area (TPSA) is 58.5 Å². The lowest BCUT2D eigenvalue weighted by Gasteiger charge is -2.15. The molecule has 0 fully saturated rings. The van der Waals surface area contributed by atoms with E-state index in [9.17, 15) is 0 Å². The predicted molar refractivity (Wildman–Crippen MR) is 106 cm³/mol. The average Bonchev–Trinajstić information content (AvgIpc) is 3.02. The lowest BCUT2D eigenvalue weighted by Crippen LogP contribution is -2.38. The highest BCUT2D eigenvalue weighted by molar-refractivity contribution is 7.09.